The highest BCUT2D eigenvalue weighted by atomic mass is 32.2. The SMILES string of the molecule is O=C(NC1CCC(S(=O)(=O)CC2C=CC=CC2)CC1)c1ccc2c(c1)CC1(C2)C(=O)Nc2ncccc21. The summed E-state index contributed by atoms with van der Waals surface area (Å²) in [7, 11) is -3.17. The Labute approximate surface area is 217 Å². The Balaban J connectivity index is 1.08. The van der Waals surface area contributed by atoms with Gasteiger partial charge in [0.2, 0.25) is 5.91 Å². The summed E-state index contributed by atoms with van der Waals surface area (Å²) in [6.07, 6.45) is 14.0. The van der Waals surface area contributed by atoms with Crippen LogP contribution in [0.3, 0.4) is 0 Å². The first-order valence-corrected chi connectivity index (χ1v) is 14.8. The molecule has 2 N–H and O–H groups in total. The molecule has 2 atom stereocenters. The summed E-state index contributed by atoms with van der Waals surface area (Å²) in [4.78, 5) is 30.3. The fourth-order valence-corrected chi connectivity index (χ4v) is 8.54. The van der Waals surface area contributed by atoms with E-state index in [1.165, 1.54) is 0 Å². The molecule has 2 heterocycles. The van der Waals surface area contributed by atoms with Gasteiger partial charge < -0.3 is 10.6 Å². The zero-order valence-corrected chi connectivity index (χ0v) is 21.5. The van der Waals surface area contributed by atoms with Crippen molar-refractivity contribution in [3.63, 3.8) is 0 Å². The lowest BCUT2D eigenvalue weighted by atomic mass is 9.79. The number of carbonyl (C=O) groups is 2. The Kier molecular flexibility index (Phi) is 6.02. The molecule has 2 aromatic rings. The van der Waals surface area contributed by atoms with Gasteiger partial charge in [-0.1, -0.05) is 36.4 Å². The topological polar surface area (TPSA) is 105 Å². The second-order valence-corrected chi connectivity index (χ2v) is 13.2. The van der Waals surface area contributed by atoms with E-state index in [0.29, 0.717) is 49.9 Å². The molecule has 1 aliphatic heterocycles. The van der Waals surface area contributed by atoms with Gasteiger partial charge in [0.1, 0.15) is 5.82 Å². The molecule has 1 saturated carbocycles. The normalized spacial score (nSPS) is 28.1. The summed E-state index contributed by atoms with van der Waals surface area (Å²) in [6.45, 7) is 0. The fraction of sp³-hybridized carbons (Fsp3) is 0.414. The molecule has 0 radical (unpaired) electrons. The predicted octanol–water partition coefficient (Wildman–Crippen LogP) is 3.66. The molecule has 8 heteroatoms. The fourth-order valence-electron chi connectivity index (χ4n) is 6.43. The molecule has 192 valence electrons. The summed E-state index contributed by atoms with van der Waals surface area (Å²) in [6, 6.07) is 9.47. The number of allylic oxidation sites excluding steroid dienone is 4. The lowest BCUT2D eigenvalue weighted by Crippen LogP contribution is -2.41. The van der Waals surface area contributed by atoms with Crippen molar-refractivity contribution >= 4 is 27.5 Å². The molecule has 2 unspecified atom stereocenters. The number of hydrogen-bond donors (Lipinski definition) is 2. The maximum atomic E-state index is 13.1. The summed E-state index contributed by atoms with van der Waals surface area (Å²) < 4.78 is 25.9. The Morgan fingerprint density at radius 3 is 2.68 bits per heavy atom. The zero-order chi connectivity index (χ0) is 25.6. The first kappa shape index (κ1) is 24.1. The minimum atomic E-state index is -3.17. The van der Waals surface area contributed by atoms with E-state index < -0.39 is 15.3 Å². The molecule has 0 bridgehead atoms. The van der Waals surface area contributed by atoms with Crippen molar-refractivity contribution in [1.29, 1.82) is 0 Å². The second-order valence-electron chi connectivity index (χ2n) is 10.9. The number of nitrogens with one attached hydrogen (secondary N) is 2. The van der Waals surface area contributed by atoms with Crippen LogP contribution in [0, 0.1) is 5.92 Å². The number of hydrogen-bond acceptors (Lipinski definition) is 5. The first-order valence-electron chi connectivity index (χ1n) is 13.1. The molecule has 7 nitrogen and oxygen atoms in total. The van der Waals surface area contributed by atoms with Crippen LogP contribution in [0.5, 0.6) is 0 Å². The van der Waals surface area contributed by atoms with E-state index in [4.69, 9.17) is 0 Å². The smallest absolute Gasteiger partial charge is 0.251 e. The van der Waals surface area contributed by atoms with Gasteiger partial charge in [0.05, 0.1) is 16.4 Å². The number of fused-ring (bicyclic) bond motifs is 3. The lowest BCUT2D eigenvalue weighted by molar-refractivity contribution is -0.120. The Hall–Kier alpha value is -3.26. The van der Waals surface area contributed by atoms with Crippen LogP contribution in [0.2, 0.25) is 0 Å². The van der Waals surface area contributed by atoms with Gasteiger partial charge in [-0.3, -0.25) is 9.59 Å². The number of amides is 2. The number of nitrogens with zero attached hydrogens (tertiary/aromatic N) is 1. The quantitative estimate of drug-likeness (QED) is 0.630. The van der Waals surface area contributed by atoms with Crippen LogP contribution in [0.1, 0.15) is 59.2 Å². The van der Waals surface area contributed by atoms with Crippen molar-refractivity contribution in [3.05, 3.63) is 83.1 Å². The summed E-state index contributed by atoms with van der Waals surface area (Å²) in [5, 5.41) is 5.71. The molecule has 1 aromatic heterocycles. The molecule has 1 aromatic carbocycles. The molecule has 1 fully saturated rings. The third-order valence-electron chi connectivity index (χ3n) is 8.48. The Morgan fingerprint density at radius 2 is 1.89 bits per heavy atom. The molecule has 37 heavy (non-hydrogen) atoms. The summed E-state index contributed by atoms with van der Waals surface area (Å²) in [5.74, 6) is 0.706. The number of carbonyl (C=O) groups excluding carboxylic acids is 2. The van der Waals surface area contributed by atoms with Crippen LogP contribution in [-0.2, 0) is 32.9 Å². The van der Waals surface area contributed by atoms with E-state index in [2.05, 4.69) is 15.6 Å². The third-order valence-corrected chi connectivity index (χ3v) is 10.9. The van der Waals surface area contributed by atoms with Crippen LogP contribution in [0.15, 0.2) is 60.8 Å². The van der Waals surface area contributed by atoms with Crippen molar-refractivity contribution in [3.8, 4) is 0 Å². The largest absolute Gasteiger partial charge is 0.349 e. The van der Waals surface area contributed by atoms with Gasteiger partial charge in [-0.2, -0.15) is 0 Å². The molecular weight excluding hydrogens is 486 g/mol. The molecule has 2 amide bonds. The van der Waals surface area contributed by atoms with Crippen molar-refractivity contribution in [2.45, 2.75) is 61.7 Å². The molecule has 3 aliphatic carbocycles. The van der Waals surface area contributed by atoms with Crippen LogP contribution >= 0.6 is 0 Å². The Morgan fingerprint density at radius 1 is 1.08 bits per heavy atom. The molecule has 6 rings (SSSR count). The second kappa shape index (κ2) is 9.24. The van der Waals surface area contributed by atoms with Gasteiger partial charge in [-0.25, -0.2) is 13.4 Å². The van der Waals surface area contributed by atoms with Gasteiger partial charge >= 0.3 is 0 Å². The van der Waals surface area contributed by atoms with Crippen LogP contribution in [0.25, 0.3) is 0 Å². The van der Waals surface area contributed by atoms with Crippen molar-refractivity contribution in [2.24, 2.45) is 5.92 Å². The highest BCUT2D eigenvalue weighted by Gasteiger charge is 2.51. The zero-order valence-electron chi connectivity index (χ0n) is 20.7. The first-order chi connectivity index (χ1) is 17.8. The maximum Gasteiger partial charge on any atom is 0.251 e. The summed E-state index contributed by atoms with van der Waals surface area (Å²) in [5.41, 5.74) is 2.94. The predicted molar refractivity (Wildman–Crippen MR) is 142 cm³/mol. The molecule has 0 saturated heterocycles. The van der Waals surface area contributed by atoms with E-state index in [1.807, 2.05) is 54.6 Å². The molecule has 4 aliphatic rings. The van der Waals surface area contributed by atoms with Gasteiger partial charge in [-0.05, 0) is 80.2 Å². The van der Waals surface area contributed by atoms with E-state index in [-0.39, 0.29) is 34.8 Å². The van der Waals surface area contributed by atoms with Crippen LogP contribution < -0.4 is 10.6 Å². The van der Waals surface area contributed by atoms with Crippen molar-refractivity contribution in [1.82, 2.24) is 10.3 Å². The van der Waals surface area contributed by atoms with Crippen molar-refractivity contribution < 1.29 is 18.0 Å². The molecular formula is C29H31N3O4S. The van der Waals surface area contributed by atoms with Crippen molar-refractivity contribution in [2.75, 3.05) is 11.1 Å². The van der Waals surface area contributed by atoms with Crippen LogP contribution in [0.4, 0.5) is 5.82 Å². The number of aromatic nitrogens is 1. The third kappa shape index (κ3) is 4.41. The van der Waals surface area contributed by atoms with E-state index in [1.54, 1.807) is 6.20 Å². The highest BCUT2D eigenvalue weighted by molar-refractivity contribution is 7.92. The maximum absolute atomic E-state index is 13.1. The Bertz CT molecular complexity index is 1420. The molecule has 1 spiro atoms. The summed E-state index contributed by atoms with van der Waals surface area (Å²) >= 11 is 0. The lowest BCUT2D eigenvalue weighted by Gasteiger charge is -2.29. The number of anilines is 1. The average Bonchev–Trinajstić information content (AvgIpc) is 3.41. The van der Waals surface area contributed by atoms with E-state index in [0.717, 1.165) is 23.1 Å². The average molecular weight is 518 g/mol. The van der Waals surface area contributed by atoms with E-state index >= 15 is 0 Å². The number of rotatable bonds is 5. The van der Waals surface area contributed by atoms with E-state index in [9.17, 15) is 18.0 Å². The number of pyridine rings is 1. The van der Waals surface area contributed by atoms with Gasteiger partial charge in [0.15, 0.2) is 9.84 Å². The number of benzene rings is 1. The standard InChI is InChI=1S/C29H31N3O4S/c33-27(31-23-10-12-24(13-11-23)37(35,36)18-19-5-2-1-3-6-19)20-8-9-21-16-29(17-22(21)15-20)25-7-4-14-30-26(25)32-28(29)34/h1-5,7-9,14-15,19,23-24H,6,10-13,16-18H2,(H,31,33)(H,30,32,34). The minimum absolute atomic E-state index is 0.0328. The monoisotopic (exact) mass is 517 g/mol. The number of sulfone groups is 1. The highest BCUT2D eigenvalue weighted by Crippen LogP contribution is 2.46. The van der Waals surface area contributed by atoms with Gasteiger partial charge in [0, 0.05) is 23.4 Å². The van der Waals surface area contributed by atoms with Gasteiger partial charge in [0.25, 0.3) is 5.91 Å². The van der Waals surface area contributed by atoms with Crippen LogP contribution in [-0.4, -0.2) is 42.3 Å². The minimum Gasteiger partial charge on any atom is -0.349 e. The van der Waals surface area contributed by atoms with Gasteiger partial charge in [-0.15, -0.1) is 0 Å².